The Morgan fingerprint density at radius 3 is 2.46 bits per heavy atom. The number of methoxy groups -OCH3 is 1. The van der Waals surface area contributed by atoms with E-state index in [1.165, 1.54) is 25.3 Å². The van der Waals surface area contributed by atoms with Crippen LogP contribution in [0.15, 0.2) is 81.5 Å². The smallest absolute Gasteiger partial charge is 0.276 e. The summed E-state index contributed by atoms with van der Waals surface area (Å²) in [4.78, 5) is 22.0. The molecule has 0 spiro atoms. The van der Waals surface area contributed by atoms with Gasteiger partial charge in [0.05, 0.1) is 23.0 Å². The van der Waals surface area contributed by atoms with Crippen LogP contribution < -0.4 is 15.1 Å². The number of aromatic amines is 1. The van der Waals surface area contributed by atoms with E-state index in [1.807, 2.05) is 6.92 Å². The van der Waals surface area contributed by atoms with E-state index in [2.05, 4.69) is 19.9 Å². The number of aliphatic hydroxyl groups excluding tert-OH is 1. The van der Waals surface area contributed by atoms with Gasteiger partial charge in [0.2, 0.25) is 0 Å². The maximum absolute atomic E-state index is 12.9. The van der Waals surface area contributed by atoms with Crippen LogP contribution in [0.25, 0.3) is 11.0 Å². The van der Waals surface area contributed by atoms with Gasteiger partial charge in [-0.25, -0.2) is 4.98 Å². The number of nitrogens with zero attached hydrogens (tertiary/aromatic N) is 2. The molecule has 0 radical (unpaired) electrons. The Kier molecular flexibility index (Phi) is 6.88. The van der Waals surface area contributed by atoms with Crippen molar-refractivity contribution in [3.63, 3.8) is 0 Å². The van der Waals surface area contributed by atoms with Crippen molar-refractivity contribution in [1.82, 2.24) is 14.8 Å². The largest absolute Gasteiger partial charge is 0.497 e. The molecule has 0 amide bonds. The molecule has 3 aromatic carbocycles. The van der Waals surface area contributed by atoms with E-state index in [4.69, 9.17) is 16.3 Å². The first-order valence-electron chi connectivity index (χ1n) is 10.4. The number of sulfonamides is 1. The minimum atomic E-state index is -4.09. The number of nitrogens with one attached hydrogen (secondary N) is 2. The van der Waals surface area contributed by atoms with E-state index >= 15 is 0 Å². The lowest BCUT2D eigenvalue weighted by atomic mass is 10.0. The summed E-state index contributed by atoms with van der Waals surface area (Å²) in [7, 11) is -2.59. The molecule has 0 bridgehead atoms. The fraction of sp³-hybridized carbons (Fsp3) is 0.125. The maximum Gasteiger partial charge on any atom is 0.276 e. The molecular weight excluding hydrogens is 492 g/mol. The highest BCUT2D eigenvalue weighted by atomic mass is 35.5. The maximum atomic E-state index is 12.9. The summed E-state index contributed by atoms with van der Waals surface area (Å²) in [5.41, 5.74) is 0.760. The third kappa shape index (κ3) is 5.35. The first kappa shape index (κ1) is 24.4. The normalized spacial score (nSPS) is 13.0. The summed E-state index contributed by atoms with van der Waals surface area (Å²) in [6.45, 7) is 1.83. The lowest BCUT2D eigenvalue weighted by Gasteiger charge is -2.15. The fourth-order valence-electron chi connectivity index (χ4n) is 3.30. The number of aryl methyl sites for hydroxylation is 1. The Morgan fingerprint density at radius 1 is 1.11 bits per heavy atom. The molecule has 4 aromatic rings. The van der Waals surface area contributed by atoms with Gasteiger partial charge >= 0.3 is 0 Å². The Balaban J connectivity index is 1.82. The van der Waals surface area contributed by atoms with Crippen LogP contribution in [0.2, 0.25) is 5.02 Å². The molecule has 35 heavy (non-hydrogen) atoms. The van der Waals surface area contributed by atoms with Crippen LogP contribution in [-0.4, -0.2) is 36.3 Å². The van der Waals surface area contributed by atoms with E-state index in [-0.39, 0.29) is 16.3 Å². The Bertz CT molecular complexity index is 1570. The molecule has 0 fully saturated rings. The second-order valence-corrected chi connectivity index (χ2v) is 9.75. The molecule has 180 valence electrons. The van der Waals surface area contributed by atoms with E-state index in [1.54, 1.807) is 48.5 Å². The Hall–Kier alpha value is -3.73. The van der Waals surface area contributed by atoms with Gasteiger partial charge in [0.1, 0.15) is 17.6 Å². The molecule has 3 N–H and O–H groups in total. The van der Waals surface area contributed by atoms with Crippen LogP contribution in [0.3, 0.4) is 0 Å². The molecule has 0 aliphatic rings. The molecule has 0 saturated carbocycles. The Morgan fingerprint density at radius 2 is 1.80 bits per heavy atom. The summed E-state index contributed by atoms with van der Waals surface area (Å²) in [6, 6.07) is 17.2. The van der Waals surface area contributed by atoms with Crippen molar-refractivity contribution >= 4 is 38.4 Å². The van der Waals surface area contributed by atoms with E-state index < -0.39 is 21.7 Å². The molecule has 1 aromatic heterocycles. The van der Waals surface area contributed by atoms with Gasteiger partial charge in [-0.15, -0.1) is 0 Å². The van der Waals surface area contributed by atoms with Gasteiger partial charge in [-0.05, 0) is 55.0 Å². The van der Waals surface area contributed by atoms with Gasteiger partial charge in [-0.2, -0.15) is 18.4 Å². The minimum Gasteiger partial charge on any atom is -0.497 e. The predicted molar refractivity (Wildman–Crippen MR) is 133 cm³/mol. The molecule has 1 atom stereocenters. The summed E-state index contributed by atoms with van der Waals surface area (Å²) in [6.07, 6.45) is -1.49. The number of rotatable bonds is 7. The van der Waals surface area contributed by atoms with Gasteiger partial charge in [0.25, 0.3) is 15.6 Å². The van der Waals surface area contributed by atoms with Crippen LogP contribution in [0.1, 0.15) is 22.9 Å². The average molecular weight is 513 g/mol. The average Bonchev–Trinajstić information content (AvgIpc) is 2.84. The third-order valence-corrected chi connectivity index (χ3v) is 6.66. The molecule has 11 heteroatoms. The highest BCUT2D eigenvalue weighted by molar-refractivity contribution is 7.89. The predicted octanol–water partition coefficient (Wildman–Crippen LogP) is 3.31. The molecule has 0 saturated heterocycles. The number of fused-ring (bicyclic) bond motifs is 1. The first-order valence-corrected chi connectivity index (χ1v) is 12.2. The van der Waals surface area contributed by atoms with Gasteiger partial charge in [0, 0.05) is 5.02 Å². The van der Waals surface area contributed by atoms with Crippen molar-refractivity contribution in [3.8, 4) is 5.75 Å². The van der Waals surface area contributed by atoms with Crippen molar-refractivity contribution in [2.75, 3.05) is 7.11 Å². The zero-order valence-corrected chi connectivity index (χ0v) is 20.3. The van der Waals surface area contributed by atoms with E-state index in [0.29, 0.717) is 27.4 Å². The molecule has 4 rings (SSSR count). The third-order valence-electron chi connectivity index (χ3n) is 5.20. The van der Waals surface area contributed by atoms with Crippen LogP contribution in [0.4, 0.5) is 0 Å². The number of hydrazone groups is 1. The minimum absolute atomic E-state index is 0.0276. The standard InChI is InChI=1S/C24H21ClN4O5S/c1-14-3-10-18(11-4-14)35(32,33)29-28-21(23(30)15-5-8-17(34-2)9-6-15)22-24(31)27-20-13-16(25)7-12-19(20)26-22/h3-13,23,29-30H,1-2H3,(H,27,31)/b28-21+/t23-/m0/s1. The molecule has 0 aliphatic carbocycles. The topological polar surface area (TPSA) is 134 Å². The van der Waals surface area contributed by atoms with Gasteiger partial charge < -0.3 is 14.8 Å². The SMILES string of the molecule is COc1ccc([C@H](O)/C(=N/NS(=O)(=O)c2ccc(C)cc2)c2nc3ccc(Cl)cc3[nH]c2=O)cc1. The zero-order chi connectivity index (χ0) is 25.2. The van der Waals surface area contributed by atoms with E-state index in [0.717, 1.165) is 5.56 Å². The lowest BCUT2D eigenvalue weighted by Crippen LogP contribution is -2.29. The summed E-state index contributed by atoms with van der Waals surface area (Å²) >= 11 is 6.00. The second-order valence-electron chi connectivity index (χ2n) is 7.66. The zero-order valence-electron chi connectivity index (χ0n) is 18.7. The molecule has 0 unspecified atom stereocenters. The molecule has 9 nitrogen and oxygen atoms in total. The summed E-state index contributed by atoms with van der Waals surface area (Å²) in [5.74, 6) is 0.554. The highest BCUT2D eigenvalue weighted by Crippen LogP contribution is 2.22. The molecular formula is C24H21ClN4O5S. The fourth-order valence-corrected chi connectivity index (χ4v) is 4.29. The number of ether oxygens (including phenoxy) is 1. The van der Waals surface area contributed by atoms with Crippen LogP contribution in [-0.2, 0) is 10.0 Å². The number of benzene rings is 3. The monoisotopic (exact) mass is 512 g/mol. The molecule has 1 heterocycles. The Labute approximate surface area is 206 Å². The van der Waals surface area contributed by atoms with Crippen molar-refractivity contribution in [2.45, 2.75) is 17.9 Å². The molecule has 0 aliphatic heterocycles. The van der Waals surface area contributed by atoms with Crippen LogP contribution in [0.5, 0.6) is 5.75 Å². The quantitative estimate of drug-likeness (QED) is 0.257. The second kappa shape index (κ2) is 9.87. The highest BCUT2D eigenvalue weighted by Gasteiger charge is 2.24. The van der Waals surface area contributed by atoms with Gasteiger partial charge in [-0.1, -0.05) is 41.4 Å². The van der Waals surface area contributed by atoms with Crippen LogP contribution in [0, 0.1) is 6.92 Å². The van der Waals surface area contributed by atoms with Crippen molar-refractivity contribution in [2.24, 2.45) is 5.10 Å². The van der Waals surface area contributed by atoms with Crippen molar-refractivity contribution < 1.29 is 18.3 Å². The number of halogens is 1. The number of aliphatic hydroxyl groups is 1. The number of hydrogen-bond donors (Lipinski definition) is 3. The summed E-state index contributed by atoms with van der Waals surface area (Å²) < 4.78 is 30.8. The number of aromatic nitrogens is 2. The van der Waals surface area contributed by atoms with Crippen LogP contribution >= 0.6 is 11.6 Å². The van der Waals surface area contributed by atoms with Crippen molar-refractivity contribution in [3.05, 3.63) is 98.9 Å². The lowest BCUT2D eigenvalue weighted by molar-refractivity contribution is 0.247. The number of H-pyrrole nitrogens is 1. The van der Waals surface area contributed by atoms with Crippen molar-refractivity contribution in [1.29, 1.82) is 0 Å². The van der Waals surface area contributed by atoms with E-state index in [9.17, 15) is 18.3 Å². The first-order chi connectivity index (χ1) is 16.7. The van der Waals surface area contributed by atoms with Gasteiger partial charge in [-0.3, -0.25) is 4.79 Å². The van der Waals surface area contributed by atoms with Gasteiger partial charge in [0.15, 0.2) is 5.69 Å². The summed E-state index contributed by atoms with van der Waals surface area (Å²) in [5, 5.41) is 15.5. The number of hydrogen-bond acceptors (Lipinski definition) is 7.